The highest BCUT2D eigenvalue weighted by molar-refractivity contribution is 6.00. The van der Waals surface area contributed by atoms with E-state index in [1.54, 1.807) is 0 Å². The minimum absolute atomic E-state index is 0.795. The van der Waals surface area contributed by atoms with E-state index in [0.29, 0.717) is 0 Å². The van der Waals surface area contributed by atoms with E-state index in [-0.39, 0.29) is 0 Å². The number of aromatic nitrogens is 1. The Labute approximate surface area is 133 Å². The molecule has 120 valence electrons. The van der Waals surface area contributed by atoms with E-state index in [9.17, 15) is 0 Å². The Balaban J connectivity index is 2.11. The topological polar surface area (TPSA) is 61.7 Å². The zero-order valence-electron chi connectivity index (χ0n) is 13.7. The third-order valence-electron chi connectivity index (χ3n) is 3.72. The second kappa shape index (κ2) is 9.43. The average molecular weight is 301 g/mol. The maximum atomic E-state index is 4.68. The Bertz CT molecular complexity index is 478. The van der Waals surface area contributed by atoms with Crippen molar-refractivity contribution in [1.82, 2.24) is 15.6 Å². The van der Waals surface area contributed by atoms with Gasteiger partial charge in [0, 0.05) is 13.1 Å². The zero-order valence-corrected chi connectivity index (χ0v) is 13.7. The molecule has 0 atom stereocenters. The van der Waals surface area contributed by atoms with Gasteiger partial charge in [-0.2, -0.15) is 0 Å². The lowest BCUT2D eigenvalue weighted by molar-refractivity contribution is 0.589. The van der Waals surface area contributed by atoms with E-state index in [0.717, 1.165) is 62.1 Å². The van der Waals surface area contributed by atoms with E-state index in [2.05, 4.69) is 25.6 Å². The number of hydrogen-bond acceptors (Lipinski definition) is 5. The van der Waals surface area contributed by atoms with Crippen LogP contribution in [0.4, 0.5) is 0 Å². The molecule has 0 aliphatic carbocycles. The Morgan fingerprint density at radius 1 is 0.773 bits per heavy atom. The van der Waals surface area contributed by atoms with Crippen LogP contribution in [0.1, 0.15) is 38.1 Å². The summed E-state index contributed by atoms with van der Waals surface area (Å²) in [4.78, 5) is 13.9. The maximum Gasteiger partial charge on any atom is 0.0845 e. The molecule has 2 heterocycles. The van der Waals surface area contributed by atoms with Crippen molar-refractivity contribution in [2.45, 2.75) is 26.7 Å². The van der Waals surface area contributed by atoms with Crippen LogP contribution < -0.4 is 10.6 Å². The molecule has 1 aromatic rings. The second-order valence-corrected chi connectivity index (χ2v) is 5.55. The average Bonchev–Trinajstić information content (AvgIpc) is 2.55. The molecular formula is C17H27N5. The Morgan fingerprint density at radius 2 is 1.27 bits per heavy atom. The van der Waals surface area contributed by atoms with Crippen molar-refractivity contribution in [3.05, 3.63) is 29.6 Å². The van der Waals surface area contributed by atoms with Gasteiger partial charge in [-0.1, -0.05) is 6.07 Å². The molecule has 0 aromatic carbocycles. The van der Waals surface area contributed by atoms with Crippen LogP contribution in [0.15, 0.2) is 28.2 Å². The summed E-state index contributed by atoms with van der Waals surface area (Å²) >= 11 is 0. The molecular weight excluding hydrogens is 274 g/mol. The van der Waals surface area contributed by atoms with E-state index < -0.39 is 0 Å². The quantitative estimate of drug-likeness (QED) is 0.766. The molecule has 0 radical (unpaired) electrons. The normalized spacial score (nSPS) is 19.0. The van der Waals surface area contributed by atoms with Gasteiger partial charge in [0.2, 0.25) is 0 Å². The lowest BCUT2D eigenvalue weighted by atomic mass is 10.2. The molecule has 5 nitrogen and oxygen atoms in total. The van der Waals surface area contributed by atoms with E-state index in [1.165, 1.54) is 12.8 Å². The van der Waals surface area contributed by atoms with Crippen molar-refractivity contribution in [2.24, 2.45) is 9.98 Å². The first-order valence-electron chi connectivity index (χ1n) is 8.19. The van der Waals surface area contributed by atoms with Crippen molar-refractivity contribution < 1.29 is 0 Å². The van der Waals surface area contributed by atoms with Crippen LogP contribution in [-0.2, 0) is 0 Å². The third kappa shape index (κ3) is 5.66. The summed E-state index contributed by atoms with van der Waals surface area (Å²) in [5, 5.41) is 6.87. The van der Waals surface area contributed by atoms with E-state index in [1.807, 2.05) is 32.0 Å². The fourth-order valence-corrected chi connectivity index (χ4v) is 2.36. The van der Waals surface area contributed by atoms with Crippen molar-refractivity contribution in [3.8, 4) is 0 Å². The SMILES string of the molecule is CC1=NCCNCCCCNCCN=C(C)c2cccc1n2. The van der Waals surface area contributed by atoms with Gasteiger partial charge in [0.1, 0.15) is 0 Å². The van der Waals surface area contributed by atoms with Gasteiger partial charge in [0.05, 0.1) is 35.9 Å². The lowest BCUT2D eigenvalue weighted by Gasteiger charge is -2.05. The number of fused-ring (bicyclic) bond motifs is 2. The summed E-state index contributed by atoms with van der Waals surface area (Å²) in [6.45, 7) is 9.60. The number of pyridine rings is 1. The summed E-state index contributed by atoms with van der Waals surface area (Å²) in [5.41, 5.74) is 3.86. The number of nitrogens with one attached hydrogen (secondary N) is 2. The lowest BCUT2D eigenvalue weighted by Crippen LogP contribution is -2.22. The third-order valence-corrected chi connectivity index (χ3v) is 3.72. The molecule has 5 heteroatoms. The van der Waals surface area contributed by atoms with Gasteiger partial charge in [-0.25, -0.2) is 4.98 Å². The van der Waals surface area contributed by atoms with Gasteiger partial charge in [-0.15, -0.1) is 0 Å². The molecule has 0 amide bonds. The van der Waals surface area contributed by atoms with Crippen LogP contribution in [0, 0.1) is 0 Å². The number of hydrogen-bond donors (Lipinski definition) is 2. The van der Waals surface area contributed by atoms with Crippen molar-refractivity contribution in [3.63, 3.8) is 0 Å². The Hall–Kier alpha value is -1.59. The van der Waals surface area contributed by atoms with Crippen LogP contribution in [0.3, 0.4) is 0 Å². The van der Waals surface area contributed by atoms with Crippen molar-refractivity contribution in [1.29, 1.82) is 0 Å². The molecule has 1 aliphatic heterocycles. The van der Waals surface area contributed by atoms with Crippen LogP contribution >= 0.6 is 0 Å². The molecule has 2 rings (SSSR count). The second-order valence-electron chi connectivity index (χ2n) is 5.55. The smallest absolute Gasteiger partial charge is 0.0845 e. The predicted octanol–water partition coefficient (Wildman–Crippen LogP) is 1.67. The highest BCUT2D eigenvalue weighted by Crippen LogP contribution is 2.03. The summed E-state index contributed by atoms with van der Waals surface area (Å²) in [6.07, 6.45) is 2.39. The molecule has 0 saturated carbocycles. The van der Waals surface area contributed by atoms with E-state index in [4.69, 9.17) is 0 Å². The molecule has 22 heavy (non-hydrogen) atoms. The number of nitrogens with zero attached hydrogens (tertiary/aromatic N) is 3. The maximum absolute atomic E-state index is 4.68. The molecule has 0 unspecified atom stereocenters. The molecule has 0 spiro atoms. The highest BCUT2D eigenvalue weighted by Gasteiger charge is 2.04. The zero-order chi connectivity index (χ0) is 15.6. The largest absolute Gasteiger partial charge is 0.315 e. The molecule has 2 N–H and O–H groups in total. The van der Waals surface area contributed by atoms with Crippen LogP contribution in [-0.4, -0.2) is 55.7 Å². The summed E-state index contributed by atoms with van der Waals surface area (Å²) in [6, 6.07) is 6.05. The van der Waals surface area contributed by atoms with Crippen molar-refractivity contribution >= 4 is 11.4 Å². The first-order valence-corrected chi connectivity index (χ1v) is 8.19. The molecule has 0 saturated heterocycles. The minimum Gasteiger partial charge on any atom is -0.315 e. The van der Waals surface area contributed by atoms with Gasteiger partial charge < -0.3 is 10.6 Å². The van der Waals surface area contributed by atoms with Gasteiger partial charge in [-0.3, -0.25) is 9.98 Å². The van der Waals surface area contributed by atoms with Crippen LogP contribution in [0.2, 0.25) is 0 Å². The summed E-state index contributed by atoms with van der Waals surface area (Å²) in [7, 11) is 0. The highest BCUT2D eigenvalue weighted by atomic mass is 14.9. The van der Waals surface area contributed by atoms with Crippen molar-refractivity contribution in [2.75, 3.05) is 39.3 Å². The standard InChI is InChI=1S/C17H27N5/c1-14-16-6-5-7-17(22-16)15(2)21-13-11-19-9-4-3-8-18-10-12-20-14/h5-7,18-19H,3-4,8-13H2,1-2H3. The predicted molar refractivity (Wildman–Crippen MR) is 93.4 cm³/mol. The first-order chi connectivity index (χ1) is 10.8. The molecule has 0 fully saturated rings. The van der Waals surface area contributed by atoms with Crippen LogP contribution in [0.5, 0.6) is 0 Å². The fraction of sp³-hybridized carbons (Fsp3) is 0.588. The van der Waals surface area contributed by atoms with Gasteiger partial charge in [-0.05, 0) is 51.9 Å². The number of rotatable bonds is 0. The number of aliphatic imine (C=N–C) groups is 2. The minimum atomic E-state index is 0.795. The first kappa shape index (κ1) is 16.8. The van der Waals surface area contributed by atoms with Gasteiger partial charge in [0.25, 0.3) is 0 Å². The van der Waals surface area contributed by atoms with Crippen LogP contribution in [0.25, 0.3) is 0 Å². The molecule has 1 aromatic heterocycles. The molecule has 2 bridgehead atoms. The Morgan fingerprint density at radius 3 is 1.77 bits per heavy atom. The monoisotopic (exact) mass is 301 g/mol. The summed E-state index contributed by atoms with van der Waals surface area (Å²) < 4.78 is 0. The summed E-state index contributed by atoms with van der Waals surface area (Å²) in [5.74, 6) is 0. The Kier molecular flexibility index (Phi) is 7.19. The fourth-order valence-electron chi connectivity index (χ4n) is 2.36. The van der Waals surface area contributed by atoms with Gasteiger partial charge >= 0.3 is 0 Å². The van der Waals surface area contributed by atoms with E-state index >= 15 is 0 Å². The van der Waals surface area contributed by atoms with Gasteiger partial charge in [0.15, 0.2) is 0 Å². The molecule has 1 aliphatic rings.